The number of rotatable bonds is 5. The van der Waals surface area contributed by atoms with Gasteiger partial charge in [-0.25, -0.2) is 4.98 Å². The van der Waals surface area contributed by atoms with E-state index in [1.54, 1.807) is 19.4 Å². The third kappa shape index (κ3) is 3.94. The van der Waals surface area contributed by atoms with Crippen LogP contribution in [0.5, 0.6) is 0 Å². The van der Waals surface area contributed by atoms with Gasteiger partial charge in [0.25, 0.3) is 0 Å². The Kier molecular flexibility index (Phi) is 4.70. The van der Waals surface area contributed by atoms with E-state index in [1.807, 2.05) is 6.07 Å². The van der Waals surface area contributed by atoms with Gasteiger partial charge in [0.1, 0.15) is 5.15 Å². The summed E-state index contributed by atoms with van der Waals surface area (Å²) in [6, 6.07) is 3.70. The number of hydrogen-bond donors (Lipinski definition) is 1. The molecular formula is C10H15ClN2O. The molecule has 1 N–H and O–H groups in total. The van der Waals surface area contributed by atoms with Crippen LogP contribution in [0.3, 0.4) is 0 Å². The second-order valence-corrected chi connectivity index (χ2v) is 3.70. The minimum Gasteiger partial charge on any atom is -0.385 e. The molecule has 0 bridgehead atoms. The average Bonchev–Trinajstić information content (AvgIpc) is 2.15. The summed E-state index contributed by atoms with van der Waals surface area (Å²) in [5, 5.41) is 3.77. The van der Waals surface area contributed by atoms with E-state index in [-0.39, 0.29) is 0 Å². The van der Waals surface area contributed by atoms with Gasteiger partial charge in [-0.15, -0.1) is 0 Å². The van der Waals surface area contributed by atoms with Gasteiger partial charge in [-0.3, -0.25) is 0 Å². The van der Waals surface area contributed by atoms with Gasteiger partial charge in [0.05, 0.1) is 6.61 Å². The van der Waals surface area contributed by atoms with Gasteiger partial charge >= 0.3 is 0 Å². The number of pyridine rings is 1. The topological polar surface area (TPSA) is 34.1 Å². The first-order valence-electron chi connectivity index (χ1n) is 4.56. The third-order valence-corrected chi connectivity index (χ3v) is 2.04. The van der Waals surface area contributed by atoms with Crippen LogP contribution < -0.4 is 5.32 Å². The molecule has 1 aromatic rings. The molecule has 0 aliphatic carbocycles. The Morgan fingerprint density at radius 1 is 1.64 bits per heavy atom. The van der Waals surface area contributed by atoms with Crippen LogP contribution in [0, 0.1) is 5.92 Å². The Morgan fingerprint density at radius 3 is 3.07 bits per heavy atom. The molecule has 0 aliphatic rings. The number of nitrogens with one attached hydrogen (secondary N) is 1. The van der Waals surface area contributed by atoms with Crippen LogP contribution in [0.25, 0.3) is 0 Å². The summed E-state index contributed by atoms with van der Waals surface area (Å²) in [7, 11) is 1.71. The smallest absolute Gasteiger partial charge is 0.131 e. The molecule has 4 heteroatoms. The summed E-state index contributed by atoms with van der Waals surface area (Å²) in [6.45, 7) is 3.75. The number of anilines is 1. The zero-order chi connectivity index (χ0) is 10.4. The summed E-state index contributed by atoms with van der Waals surface area (Å²) in [6.07, 6.45) is 1.69. The molecule has 1 heterocycles. The molecule has 78 valence electrons. The number of aromatic nitrogens is 1. The summed E-state index contributed by atoms with van der Waals surface area (Å²) in [4.78, 5) is 3.90. The van der Waals surface area contributed by atoms with Crippen LogP contribution >= 0.6 is 11.6 Å². The molecule has 0 aromatic carbocycles. The molecular weight excluding hydrogens is 200 g/mol. The SMILES string of the molecule is COCC(C)CNc1ccnc(Cl)c1. The second-order valence-electron chi connectivity index (χ2n) is 3.31. The van der Waals surface area contributed by atoms with E-state index < -0.39 is 0 Å². The predicted octanol–water partition coefficient (Wildman–Crippen LogP) is 2.43. The Labute approximate surface area is 89.4 Å². The lowest BCUT2D eigenvalue weighted by molar-refractivity contribution is 0.164. The maximum absolute atomic E-state index is 5.75. The van der Waals surface area contributed by atoms with Crippen molar-refractivity contribution in [2.45, 2.75) is 6.92 Å². The van der Waals surface area contributed by atoms with E-state index in [4.69, 9.17) is 16.3 Å². The second kappa shape index (κ2) is 5.83. The fraction of sp³-hybridized carbons (Fsp3) is 0.500. The Morgan fingerprint density at radius 2 is 2.43 bits per heavy atom. The lowest BCUT2D eigenvalue weighted by Crippen LogP contribution is -2.15. The van der Waals surface area contributed by atoms with Crippen molar-refractivity contribution < 1.29 is 4.74 Å². The molecule has 1 unspecified atom stereocenters. The van der Waals surface area contributed by atoms with Crippen molar-refractivity contribution >= 4 is 17.3 Å². The van der Waals surface area contributed by atoms with Crippen LogP contribution in [0.2, 0.25) is 5.15 Å². The summed E-state index contributed by atoms with van der Waals surface area (Å²) < 4.78 is 5.04. The van der Waals surface area contributed by atoms with Gasteiger partial charge in [-0.1, -0.05) is 18.5 Å². The summed E-state index contributed by atoms with van der Waals surface area (Å²) in [5.74, 6) is 0.479. The Hall–Kier alpha value is -0.800. The minimum atomic E-state index is 0.479. The normalized spacial score (nSPS) is 12.5. The number of ether oxygens (including phenoxy) is 1. The lowest BCUT2D eigenvalue weighted by atomic mass is 10.2. The van der Waals surface area contributed by atoms with Crippen molar-refractivity contribution in [2.75, 3.05) is 25.6 Å². The van der Waals surface area contributed by atoms with E-state index in [0.29, 0.717) is 11.1 Å². The zero-order valence-electron chi connectivity index (χ0n) is 8.46. The molecule has 0 radical (unpaired) electrons. The van der Waals surface area contributed by atoms with Crippen LogP contribution in [-0.4, -0.2) is 25.2 Å². The Balaban J connectivity index is 2.37. The minimum absolute atomic E-state index is 0.479. The zero-order valence-corrected chi connectivity index (χ0v) is 9.21. The molecule has 14 heavy (non-hydrogen) atoms. The van der Waals surface area contributed by atoms with Gasteiger partial charge < -0.3 is 10.1 Å². The van der Waals surface area contributed by atoms with Gasteiger partial charge in [-0.05, 0) is 18.1 Å². The van der Waals surface area contributed by atoms with Crippen molar-refractivity contribution in [1.82, 2.24) is 4.98 Å². The number of nitrogens with zero attached hydrogens (tertiary/aromatic N) is 1. The molecule has 0 amide bonds. The fourth-order valence-corrected chi connectivity index (χ4v) is 1.32. The van der Waals surface area contributed by atoms with Crippen molar-refractivity contribution in [3.63, 3.8) is 0 Å². The predicted molar refractivity (Wildman–Crippen MR) is 58.8 cm³/mol. The van der Waals surface area contributed by atoms with E-state index in [0.717, 1.165) is 18.8 Å². The molecule has 0 saturated carbocycles. The highest BCUT2D eigenvalue weighted by molar-refractivity contribution is 6.29. The quantitative estimate of drug-likeness (QED) is 0.765. The third-order valence-electron chi connectivity index (χ3n) is 1.83. The van der Waals surface area contributed by atoms with Crippen molar-refractivity contribution in [3.05, 3.63) is 23.5 Å². The molecule has 1 rings (SSSR count). The molecule has 0 spiro atoms. The largest absolute Gasteiger partial charge is 0.385 e. The lowest BCUT2D eigenvalue weighted by Gasteiger charge is -2.12. The van der Waals surface area contributed by atoms with Gasteiger partial charge in [0.15, 0.2) is 0 Å². The van der Waals surface area contributed by atoms with Gasteiger partial charge in [0, 0.05) is 25.5 Å². The summed E-state index contributed by atoms with van der Waals surface area (Å²) in [5.41, 5.74) is 0.993. The monoisotopic (exact) mass is 214 g/mol. The molecule has 0 saturated heterocycles. The van der Waals surface area contributed by atoms with Crippen molar-refractivity contribution in [1.29, 1.82) is 0 Å². The van der Waals surface area contributed by atoms with E-state index >= 15 is 0 Å². The van der Waals surface area contributed by atoms with Gasteiger partial charge in [-0.2, -0.15) is 0 Å². The highest BCUT2D eigenvalue weighted by Gasteiger charge is 2.01. The standard InChI is InChI=1S/C10H15ClN2O/c1-8(7-14-2)6-13-9-3-4-12-10(11)5-9/h3-5,8H,6-7H2,1-2H3,(H,12,13). The molecule has 0 fully saturated rings. The van der Waals surface area contributed by atoms with E-state index in [2.05, 4.69) is 17.2 Å². The van der Waals surface area contributed by atoms with E-state index in [9.17, 15) is 0 Å². The highest BCUT2D eigenvalue weighted by Crippen LogP contribution is 2.12. The first-order valence-corrected chi connectivity index (χ1v) is 4.94. The molecule has 3 nitrogen and oxygen atoms in total. The maximum Gasteiger partial charge on any atom is 0.131 e. The van der Waals surface area contributed by atoms with E-state index in [1.165, 1.54) is 0 Å². The molecule has 1 atom stereocenters. The van der Waals surface area contributed by atoms with Gasteiger partial charge in [0.2, 0.25) is 0 Å². The Bertz CT molecular complexity index is 281. The van der Waals surface area contributed by atoms with Crippen LogP contribution in [0.1, 0.15) is 6.92 Å². The van der Waals surface area contributed by atoms with Crippen molar-refractivity contribution in [2.24, 2.45) is 5.92 Å². The first-order chi connectivity index (χ1) is 6.72. The molecule has 1 aromatic heterocycles. The van der Waals surface area contributed by atoms with Crippen LogP contribution in [0.4, 0.5) is 5.69 Å². The van der Waals surface area contributed by atoms with Crippen LogP contribution in [-0.2, 0) is 4.74 Å². The number of methoxy groups -OCH3 is 1. The maximum atomic E-state index is 5.75. The number of hydrogen-bond acceptors (Lipinski definition) is 3. The molecule has 0 aliphatic heterocycles. The van der Waals surface area contributed by atoms with Crippen molar-refractivity contribution in [3.8, 4) is 0 Å². The fourth-order valence-electron chi connectivity index (χ4n) is 1.15. The first kappa shape index (κ1) is 11.3. The van der Waals surface area contributed by atoms with Crippen LogP contribution in [0.15, 0.2) is 18.3 Å². The summed E-state index contributed by atoms with van der Waals surface area (Å²) >= 11 is 5.75. The number of halogens is 1. The highest BCUT2D eigenvalue weighted by atomic mass is 35.5. The average molecular weight is 215 g/mol.